The number of para-hydroxylation sites is 2. The molecule has 4 atom stereocenters. The van der Waals surface area contributed by atoms with Gasteiger partial charge in [0.1, 0.15) is 18.2 Å². The number of ketones is 1. The van der Waals surface area contributed by atoms with Crippen LogP contribution in [0.1, 0.15) is 110 Å². The Labute approximate surface area is 307 Å². The smallest absolute Gasteiger partial charge is 0.408 e. The minimum Gasteiger partial charge on any atom is -0.446 e. The normalized spacial score (nSPS) is 31.3. The van der Waals surface area contributed by atoms with Crippen LogP contribution in [0.5, 0.6) is 0 Å². The molecule has 4 aliphatic carbocycles. The third-order valence-electron chi connectivity index (χ3n) is 14.0. The summed E-state index contributed by atoms with van der Waals surface area (Å²) in [5.74, 6) is -1.97. The monoisotopic (exact) mass is 719 g/mol. The summed E-state index contributed by atoms with van der Waals surface area (Å²) in [5, 5.41) is 12.0. The molecule has 5 fully saturated rings. The van der Waals surface area contributed by atoms with Gasteiger partial charge >= 0.3 is 6.09 Å². The summed E-state index contributed by atoms with van der Waals surface area (Å²) in [6, 6.07) is 4.50. The van der Waals surface area contributed by atoms with Crippen molar-refractivity contribution in [3.63, 3.8) is 0 Å². The highest BCUT2D eigenvalue weighted by molar-refractivity contribution is 6.42. The van der Waals surface area contributed by atoms with Crippen LogP contribution in [-0.4, -0.2) is 85.0 Å². The van der Waals surface area contributed by atoms with Gasteiger partial charge in [0.25, 0.3) is 5.91 Å². The molecule has 2 spiro atoms. The molecule has 4 N–H and O–H groups in total. The van der Waals surface area contributed by atoms with E-state index in [-0.39, 0.29) is 34.2 Å². The molecule has 0 bridgehead atoms. The van der Waals surface area contributed by atoms with Gasteiger partial charge in [-0.1, -0.05) is 51.7 Å². The van der Waals surface area contributed by atoms with Crippen molar-refractivity contribution in [1.29, 1.82) is 0 Å². The number of anilines is 2. The molecule has 1 saturated heterocycles. The van der Waals surface area contributed by atoms with Gasteiger partial charge in [0, 0.05) is 31.7 Å². The minimum absolute atomic E-state index is 0.0560. The number of fused-ring (bicyclic) bond motifs is 3. The number of carbonyl (C=O) groups excluding carboxylic acids is 5. The summed E-state index contributed by atoms with van der Waals surface area (Å²) < 4.78 is 11.7. The van der Waals surface area contributed by atoms with Gasteiger partial charge < -0.3 is 35.6 Å². The van der Waals surface area contributed by atoms with Crippen molar-refractivity contribution in [3.8, 4) is 0 Å². The van der Waals surface area contributed by atoms with E-state index in [4.69, 9.17) is 9.47 Å². The van der Waals surface area contributed by atoms with E-state index in [1.165, 1.54) is 0 Å². The Kier molecular flexibility index (Phi) is 10.6. The molecule has 0 radical (unpaired) electrons. The van der Waals surface area contributed by atoms with Gasteiger partial charge in [0.2, 0.25) is 17.6 Å². The lowest BCUT2D eigenvalue weighted by molar-refractivity contribution is -0.142. The van der Waals surface area contributed by atoms with Crippen molar-refractivity contribution in [1.82, 2.24) is 15.5 Å². The van der Waals surface area contributed by atoms with E-state index in [2.05, 4.69) is 35.1 Å². The fourth-order valence-corrected chi connectivity index (χ4v) is 10.4. The third kappa shape index (κ3) is 6.80. The van der Waals surface area contributed by atoms with Gasteiger partial charge in [0.05, 0.1) is 17.4 Å². The van der Waals surface area contributed by atoms with Crippen LogP contribution in [0.4, 0.5) is 16.2 Å². The summed E-state index contributed by atoms with van der Waals surface area (Å²) >= 11 is 0. The van der Waals surface area contributed by atoms with Gasteiger partial charge in [0.15, 0.2) is 0 Å². The van der Waals surface area contributed by atoms with Gasteiger partial charge in [-0.25, -0.2) is 4.79 Å². The molecule has 0 aromatic heterocycles. The number of rotatable bonds is 4. The standard InChI is InChI=1S/C40H57N5O7/c1-38(2)39(18-9-19-39)40(38)24-32-34(47)43-31(23-26-11-7-12-26)33(46)35(48)42-29-16-6-5-15-28(29)41-20-10-22-51-21-8-17-30(36(49)45(32)25-40)44-37(50)52-27-13-3-4-14-27/h5-6,15-16,26-27,30-32,41H,3-4,7-14,17-25H2,1-2H3,(H,42,48)(H,43,47)(H,44,50)/t30-,31?,32-,40+/m0/s1. The van der Waals surface area contributed by atoms with Gasteiger partial charge in [-0.3, -0.25) is 19.2 Å². The van der Waals surface area contributed by atoms with Crippen LogP contribution >= 0.6 is 0 Å². The van der Waals surface area contributed by atoms with Gasteiger partial charge in [-0.05, 0) is 99.5 Å². The van der Waals surface area contributed by atoms with Crippen LogP contribution < -0.4 is 21.3 Å². The van der Waals surface area contributed by atoms with Crippen molar-refractivity contribution in [2.24, 2.45) is 22.2 Å². The molecule has 12 heteroatoms. The average Bonchev–Trinajstić information content (AvgIpc) is 3.54. The van der Waals surface area contributed by atoms with E-state index in [0.717, 1.165) is 64.2 Å². The number of carbonyl (C=O) groups is 5. The molecular formula is C40H57N5O7. The van der Waals surface area contributed by atoms with Crippen LogP contribution in [0.15, 0.2) is 24.3 Å². The van der Waals surface area contributed by atoms with E-state index in [1.807, 2.05) is 12.1 Å². The van der Waals surface area contributed by atoms with Gasteiger partial charge in [-0.15, -0.1) is 0 Å². The molecule has 2 aliphatic heterocycles. The number of nitrogens with one attached hydrogen (secondary N) is 4. The summed E-state index contributed by atoms with van der Waals surface area (Å²) in [7, 11) is 0. The number of nitrogens with zero attached hydrogens (tertiary/aromatic N) is 1. The minimum atomic E-state index is -1.02. The number of ether oxygens (including phenoxy) is 2. The summed E-state index contributed by atoms with van der Waals surface area (Å²) in [5.41, 5.74) is 0.925. The number of hydrogen-bond acceptors (Lipinski definition) is 8. The fourth-order valence-electron chi connectivity index (χ4n) is 10.4. The second-order valence-electron chi connectivity index (χ2n) is 16.8. The highest BCUT2D eigenvalue weighted by Crippen LogP contribution is 2.88. The number of Topliss-reactive ketones (excluding diaryl/α,β-unsaturated/α-hetero) is 1. The highest BCUT2D eigenvalue weighted by atomic mass is 16.6. The second kappa shape index (κ2) is 15.0. The Bertz CT molecular complexity index is 1530. The molecule has 7 rings (SSSR count). The fraction of sp³-hybridized carbons (Fsp3) is 0.725. The third-order valence-corrected chi connectivity index (χ3v) is 14.0. The van der Waals surface area contributed by atoms with Gasteiger partial charge in [-0.2, -0.15) is 0 Å². The zero-order valence-corrected chi connectivity index (χ0v) is 30.9. The first-order valence-electron chi connectivity index (χ1n) is 19.9. The number of alkyl carbamates (subject to hydrolysis) is 1. The molecule has 1 unspecified atom stereocenters. The SMILES string of the molecule is CC1(C)C2(CCC2)[C@@]12C[C@H]1C(=O)NC(CC3CCC3)C(=O)C(=O)Nc3ccccc3NCCCOCCC[C@H](NC(=O)OC3CCCC3)C(=O)N1C2. The van der Waals surface area contributed by atoms with Crippen LogP contribution in [-0.2, 0) is 28.7 Å². The second-order valence-corrected chi connectivity index (χ2v) is 16.8. The maximum Gasteiger partial charge on any atom is 0.408 e. The predicted octanol–water partition coefficient (Wildman–Crippen LogP) is 5.32. The number of hydrogen-bond donors (Lipinski definition) is 4. The zero-order valence-electron chi connectivity index (χ0n) is 30.9. The maximum atomic E-state index is 14.7. The molecule has 1 aromatic rings. The summed E-state index contributed by atoms with van der Waals surface area (Å²) in [6.45, 7) is 6.39. The first-order chi connectivity index (χ1) is 25.0. The Morgan fingerprint density at radius 2 is 1.63 bits per heavy atom. The molecule has 4 amide bonds. The number of amides is 4. The van der Waals surface area contributed by atoms with Crippen molar-refractivity contribution < 1.29 is 33.4 Å². The van der Waals surface area contributed by atoms with Crippen molar-refractivity contribution in [3.05, 3.63) is 24.3 Å². The van der Waals surface area contributed by atoms with E-state index < -0.39 is 41.8 Å². The molecule has 52 heavy (non-hydrogen) atoms. The average molecular weight is 720 g/mol. The zero-order chi connectivity index (χ0) is 36.5. The van der Waals surface area contributed by atoms with E-state index in [9.17, 15) is 24.0 Å². The molecule has 12 nitrogen and oxygen atoms in total. The van der Waals surface area contributed by atoms with Crippen LogP contribution in [0.25, 0.3) is 0 Å². The van der Waals surface area contributed by atoms with Crippen LogP contribution in [0.2, 0.25) is 0 Å². The molecule has 1 aromatic carbocycles. The maximum absolute atomic E-state index is 14.7. The Morgan fingerprint density at radius 1 is 0.904 bits per heavy atom. The first-order valence-corrected chi connectivity index (χ1v) is 19.9. The predicted molar refractivity (Wildman–Crippen MR) is 195 cm³/mol. The lowest BCUT2D eigenvalue weighted by Gasteiger charge is -2.32. The van der Waals surface area contributed by atoms with E-state index >= 15 is 0 Å². The summed E-state index contributed by atoms with van der Waals surface area (Å²) in [6.07, 6.45) is 11.5. The van der Waals surface area contributed by atoms with E-state index in [1.54, 1.807) is 17.0 Å². The summed E-state index contributed by atoms with van der Waals surface area (Å²) in [4.78, 5) is 71.6. The topological polar surface area (TPSA) is 155 Å². The van der Waals surface area contributed by atoms with Crippen molar-refractivity contribution in [2.75, 3.05) is 36.9 Å². The van der Waals surface area contributed by atoms with Crippen molar-refractivity contribution in [2.45, 2.75) is 134 Å². The lowest BCUT2D eigenvalue weighted by atomic mass is 9.73. The molecule has 2 heterocycles. The number of benzene rings is 1. The highest BCUT2D eigenvalue weighted by Gasteiger charge is 2.85. The van der Waals surface area contributed by atoms with E-state index in [0.29, 0.717) is 69.8 Å². The molecule has 4 saturated carbocycles. The largest absolute Gasteiger partial charge is 0.446 e. The van der Waals surface area contributed by atoms with Crippen molar-refractivity contribution >= 4 is 41.0 Å². The Hall–Kier alpha value is -3.67. The molecule has 6 aliphatic rings. The molecule has 284 valence electrons. The lowest BCUT2D eigenvalue weighted by Crippen LogP contribution is -2.56. The van der Waals surface area contributed by atoms with Crippen LogP contribution in [0.3, 0.4) is 0 Å². The van der Waals surface area contributed by atoms with Crippen LogP contribution in [0, 0.1) is 22.2 Å². The first kappa shape index (κ1) is 36.7. The quantitative estimate of drug-likeness (QED) is 0.305. The molecular weight excluding hydrogens is 662 g/mol. The Balaban J connectivity index is 1.17. The Morgan fingerprint density at radius 3 is 2.31 bits per heavy atom.